The second-order valence-electron chi connectivity index (χ2n) is 5.76. The zero-order valence-electron chi connectivity index (χ0n) is 12.1. The number of nitrogens with two attached hydrogens (primary N) is 1. The lowest BCUT2D eigenvalue weighted by molar-refractivity contribution is -0.117. The molecule has 1 aliphatic heterocycles. The van der Waals surface area contributed by atoms with Gasteiger partial charge < -0.3 is 11.1 Å². The Morgan fingerprint density at radius 3 is 2.48 bits per heavy atom. The molecule has 21 heavy (non-hydrogen) atoms. The fraction of sp³-hybridized carbons (Fsp3) is 0.467. The van der Waals surface area contributed by atoms with Gasteiger partial charge in [0.05, 0.1) is 11.5 Å². The minimum absolute atomic E-state index is 0.0104. The maximum atomic E-state index is 12.0. The molecule has 0 spiro atoms. The van der Waals surface area contributed by atoms with Gasteiger partial charge in [-0.25, -0.2) is 0 Å². The van der Waals surface area contributed by atoms with Gasteiger partial charge in [-0.2, -0.15) is 0 Å². The van der Waals surface area contributed by atoms with Crippen molar-refractivity contribution in [3.63, 3.8) is 0 Å². The predicted octanol–water partition coefficient (Wildman–Crippen LogP) is 2.78. The van der Waals surface area contributed by atoms with Gasteiger partial charge in [0.1, 0.15) is 0 Å². The lowest BCUT2D eigenvalue weighted by Gasteiger charge is -2.38. The fourth-order valence-corrected chi connectivity index (χ4v) is 2.86. The van der Waals surface area contributed by atoms with Crippen molar-refractivity contribution < 1.29 is 4.79 Å². The van der Waals surface area contributed by atoms with Crippen molar-refractivity contribution in [2.24, 2.45) is 11.1 Å². The quantitative estimate of drug-likeness (QED) is 0.801. The number of benzene rings is 1. The number of nitrogens with zero attached hydrogens (tertiary/aromatic N) is 1. The van der Waals surface area contributed by atoms with E-state index < -0.39 is 0 Å². The Morgan fingerprint density at radius 1 is 1.38 bits per heavy atom. The zero-order valence-corrected chi connectivity index (χ0v) is 14.5. The molecule has 0 bridgehead atoms. The van der Waals surface area contributed by atoms with E-state index in [0.29, 0.717) is 11.5 Å². The molecule has 0 aliphatic carbocycles. The maximum Gasteiger partial charge on any atom is 0.238 e. The van der Waals surface area contributed by atoms with Crippen LogP contribution in [0.1, 0.15) is 19.8 Å². The molecule has 6 heteroatoms. The van der Waals surface area contributed by atoms with Gasteiger partial charge >= 0.3 is 0 Å². The Kier molecular flexibility index (Phi) is 5.35. The zero-order chi connectivity index (χ0) is 15.5. The molecule has 0 radical (unpaired) electrons. The highest BCUT2D eigenvalue weighted by Crippen LogP contribution is 2.30. The van der Waals surface area contributed by atoms with E-state index in [9.17, 15) is 4.79 Å². The van der Waals surface area contributed by atoms with Gasteiger partial charge in [-0.3, -0.25) is 9.69 Å². The number of rotatable bonds is 4. The van der Waals surface area contributed by atoms with Gasteiger partial charge in [0.2, 0.25) is 5.91 Å². The van der Waals surface area contributed by atoms with Gasteiger partial charge in [-0.05, 0) is 50.2 Å². The van der Waals surface area contributed by atoms with Gasteiger partial charge in [0.15, 0.2) is 0 Å². The van der Waals surface area contributed by atoms with Crippen molar-refractivity contribution in [1.82, 2.24) is 4.90 Å². The van der Waals surface area contributed by atoms with Crippen molar-refractivity contribution in [3.8, 4) is 0 Å². The van der Waals surface area contributed by atoms with Crippen LogP contribution in [0.5, 0.6) is 0 Å². The molecular weight excluding hydrogens is 350 g/mol. The number of piperidine rings is 1. The predicted molar refractivity (Wildman–Crippen MR) is 93.3 cm³/mol. The standard InChI is InChI=1S/C15H20BrN3OS/c1-15(14(17)21)6-8-19(9-7-15)10-13(20)18-12-4-2-11(16)3-5-12/h2-5H,6-10H2,1H3,(H2,17,21)(H,18,20). The summed E-state index contributed by atoms with van der Waals surface area (Å²) in [6.07, 6.45) is 1.82. The van der Waals surface area contributed by atoms with Gasteiger partial charge in [-0.15, -0.1) is 0 Å². The molecule has 1 aliphatic rings. The number of thiocarbonyl (C=S) groups is 1. The monoisotopic (exact) mass is 369 g/mol. The van der Waals surface area contributed by atoms with E-state index in [1.165, 1.54) is 0 Å². The van der Waals surface area contributed by atoms with E-state index in [1.54, 1.807) is 0 Å². The van der Waals surface area contributed by atoms with Crippen molar-refractivity contribution in [3.05, 3.63) is 28.7 Å². The van der Waals surface area contributed by atoms with Crippen molar-refractivity contribution in [2.45, 2.75) is 19.8 Å². The SMILES string of the molecule is CC1(C(N)=S)CCN(CC(=O)Nc2ccc(Br)cc2)CC1. The van der Waals surface area contributed by atoms with Crippen LogP contribution in [0, 0.1) is 5.41 Å². The number of anilines is 1. The number of carbonyl (C=O) groups excluding carboxylic acids is 1. The molecule has 3 N–H and O–H groups in total. The molecule has 1 saturated heterocycles. The summed E-state index contributed by atoms with van der Waals surface area (Å²) in [5.74, 6) is 0.0104. The first-order valence-corrected chi connectivity index (χ1v) is 8.17. The largest absolute Gasteiger partial charge is 0.393 e. The molecule has 0 unspecified atom stereocenters. The number of hydrogen-bond acceptors (Lipinski definition) is 3. The number of carbonyl (C=O) groups is 1. The van der Waals surface area contributed by atoms with Crippen molar-refractivity contribution >= 4 is 44.7 Å². The molecule has 1 aromatic carbocycles. The van der Waals surface area contributed by atoms with E-state index in [1.807, 2.05) is 24.3 Å². The number of amides is 1. The van der Waals surface area contributed by atoms with Crippen LogP contribution in [0.2, 0.25) is 0 Å². The van der Waals surface area contributed by atoms with E-state index in [4.69, 9.17) is 18.0 Å². The molecule has 114 valence electrons. The third kappa shape index (κ3) is 4.49. The average molecular weight is 370 g/mol. The molecule has 1 fully saturated rings. The van der Waals surface area contributed by atoms with Crippen molar-refractivity contribution in [1.29, 1.82) is 0 Å². The highest BCUT2D eigenvalue weighted by Gasteiger charge is 2.32. The van der Waals surface area contributed by atoms with Crippen LogP contribution < -0.4 is 11.1 Å². The minimum Gasteiger partial charge on any atom is -0.393 e. The Bertz CT molecular complexity index is 524. The minimum atomic E-state index is -0.0615. The molecule has 1 aromatic rings. The van der Waals surface area contributed by atoms with Gasteiger partial charge in [0.25, 0.3) is 0 Å². The van der Waals surface area contributed by atoms with Crippen LogP contribution >= 0.6 is 28.1 Å². The van der Waals surface area contributed by atoms with Crippen LogP contribution in [-0.4, -0.2) is 35.4 Å². The molecule has 0 atom stereocenters. The molecule has 0 saturated carbocycles. The number of likely N-dealkylation sites (tertiary alicyclic amines) is 1. The summed E-state index contributed by atoms with van der Waals surface area (Å²) >= 11 is 8.50. The van der Waals surface area contributed by atoms with E-state index in [-0.39, 0.29) is 11.3 Å². The molecule has 0 aromatic heterocycles. The summed E-state index contributed by atoms with van der Waals surface area (Å²) in [6, 6.07) is 7.57. The summed E-state index contributed by atoms with van der Waals surface area (Å²) in [5.41, 5.74) is 6.54. The molecular formula is C15H20BrN3OS. The smallest absolute Gasteiger partial charge is 0.238 e. The summed E-state index contributed by atoms with van der Waals surface area (Å²) in [4.78, 5) is 14.8. The van der Waals surface area contributed by atoms with E-state index in [2.05, 4.69) is 33.1 Å². The second-order valence-corrected chi connectivity index (χ2v) is 7.11. The normalized spacial score (nSPS) is 18.2. The first kappa shape index (κ1) is 16.4. The molecule has 4 nitrogen and oxygen atoms in total. The summed E-state index contributed by atoms with van der Waals surface area (Å²) in [6.45, 7) is 4.21. The highest BCUT2D eigenvalue weighted by atomic mass is 79.9. The first-order chi connectivity index (χ1) is 9.89. The molecule has 1 heterocycles. The first-order valence-electron chi connectivity index (χ1n) is 6.97. The van der Waals surface area contributed by atoms with E-state index >= 15 is 0 Å². The van der Waals surface area contributed by atoms with Crippen LogP contribution in [-0.2, 0) is 4.79 Å². The second kappa shape index (κ2) is 6.85. The van der Waals surface area contributed by atoms with Gasteiger partial charge in [-0.1, -0.05) is 35.1 Å². The van der Waals surface area contributed by atoms with Crippen LogP contribution in [0.3, 0.4) is 0 Å². The topological polar surface area (TPSA) is 58.4 Å². The third-order valence-corrected chi connectivity index (χ3v) is 5.07. The Hall–Kier alpha value is -0.980. The Labute approximate surface area is 139 Å². The summed E-state index contributed by atoms with van der Waals surface area (Å²) < 4.78 is 0.994. The fourth-order valence-electron chi connectivity index (χ4n) is 2.39. The molecule has 2 rings (SSSR count). The number of halogens is 1. The Morgan fingerprint density at radius 2 is 1.95 bits per heavy atom. The number of hydrogen-bond donors (Lipinski definition) is 2. The summed E-state index contributed by atoms with van der Waals surface area (Å²) in [7, 11) is 0. The number of nitrogens with one attached hydrogen (secondary N) is 1. The summed E-state index contributed by atoms with van der Waals surface area (Å²) in [5, 5.41) is 2.91. The maximum absolute atomic E-state index is 12.0. The average Bonchev–Trinajstić information content (AvgIpc) is 2.44. The van der Waals surface area contributed by atoms with Crippen molar-refractivity contribution in [2.75, 3.05) is 25.0 Å². The van der Waals surface area contributed by atoms with Gasteiger partial charge in [0, 0.05) is 15.6 Å². The van der Waals surface area contributed by atoms with Crippen LogP contribution in [0.15, 0.2) is 28.7 Å². The lowest BCUT2D eigenvalue weighted by atomic mass is 9.80. The third-order valence-electron chi connectivity index (χ3n) is 4.05. The Balaban J connectivity index is 1.82. The molecule has 1 amide bonds. The van der Waals surface area contributed by atoms with Crippen LogP contribution in [0.4, 0.5) is 5.69 Å². The highest BCUT2D eigenvalue weighted by molar-refractivity contribution is 9.10. The van der Waals surface area contributed by atoms with Crippen LogP contribution in [0.25, 0.3) is 0 Å². The lowest BCUT2D eigenvalue weighted by Crippen LogP contribution is -2.46. The van der Waals surface area contributed by atoms with E-state index in [0.717, 1.165) is 36.1 Å².